The number of aromatic amines is 1. The second-order valence-electron chi connectivity index (χ2n) is 5.98. The summed E-state index contributed by atoms with van der Waals surface area (Å²) in [6.45, 7) is 5.94. The zero-order valence-corrected chi connectivity index (χ0v) is 12.0. The predicted molar refractivity (Wildman–Crippen MR) is 81.5 cm³/mol. The van der Waals surface area contributed by atoms with E-state index in [1.165, 1.54) is 42.3 Å². The van der Waals surface area contributed by atoms with Crippen LogP contribution in [0, 0.1) is 0 Å². The highest BCUT2D eigenvalue weighted by Gasteiger charge is 2.24. The minimum atomic E-state index is 0.744. The van der Waals surface area contributed by atoms with Crippen LogP contribution in [-0.4, -0.2) is 28.5 Å². The molecular weight excluding hydrogens is 232 g/mol. The van der Waals surface area contributed by atoms with Gasteiger partial charge in [0.15, 0.2) is 0 Å². The lowest BCUT2D eigenvalue weighted by atomic mass is 9.97. The lowest BCUT2D eigenvalue weighted by Gasteiger charge is -2.39. The second kappa shape index (κ2) is 5.38. The van der Waals surface area contributed by atoms with Crippen molar-refractivity contribution >= 4 is 10.9 Å². The van der Waals surface area contributed by atoms with Crippen LogP contribution in [0.3, 0.4) is 0 Å². The number of piperidine rings is 1. The number of hydrogen-bond donors (Lipinski definition) is 1. The van der Waals surface area contributed by atoms with Gasteiger partial charge in [-0.15, -0.1) is 0 Å². The van der Waals surface area contributed by atoms with E-state index in [1.807, 2.05) is 0 Å². The summed E-state index contributed by atoms with van der Waals surface area (Å²) >= 11 is 0. The molecule has 19 heavy (non-hydrogen) atoms. The summed E-state index contributed by atoms with van der Waals surface area (Å²) in [6, 6.07) is 10.1. The Morgan fingerprint density at radius 2 is 1.89 bits per heavy atom. The van der Waals surface area contributed by atoms with E-state index in [4.69, 9.17) is 0 Å². The van der Waals surface area contributed by atoms with Crippen LogP contribution in [0.4, 0.5) is 0 Å². The Labute approximate surface area is 115 Å². The molecule has 1 saturated heterocycles. The van der Waals surface area contributed by atoms with Gasteiger partial charge < -0.3 is 4.98 Å². The van der Waals surface area contributed by atoms with Crippen LogP contribution in [0.1, 0.15) is 38.7 Å². The molecule has 0 saturated carbocycles. The number of nitrogens with zero attached hydrogens (tertiary/aromatic N) is 1. The number of aromatic nitrogens is 1. The van der Waals surface area contributed by atoms with E-state index in [0.717, 1.165) is 18.5 Å². The number of para-hydroxylation sites is 1. The van der Waals surface area contributed by atoms with E-state index in [1.54, 1.807) is 0 Å². The van der Waals surface area contributed by atoms with Crippen LogP contribution >= 0.6 is 0 Å². The molecule has 0 bridgehead atoms. The molecule has 0 aliphatic carbocycles. The van der Waals surface area contributed by atoms with Gasteiger partial charge in [-0.05, 0) is 44.7 Å². The van der Waals surface area contributed by atoms with E-state index >= 15 is 0 Å². The average Bonchev–Trinajstić information content (AvgIpc) is 2.82. The molecule has 0 spiro atoms. The summed E-state index contributed by atoms with van der Waals surface area (Å²) in [7, 11) is 0. The molecule has 0 amide bonds. The Bertz CT molecular complexity index is 533. The lowest BCUT2D eigenvalue weighted by molar-refractivity contribution is 0.105. The van der Waals surface area contributed by atoms with E-state index in [0.29, 0.717) is 0 Å². The third kappa shape index (κ3) is 2.55. The lowest BCUT2D eigenvalue weighted by Crippen LogP contribution is -2.44. The Morgan fingerprint density at radius 3 is 2.68 bits per heavy atom. The summed E-state index contributed by atoms with van der Waals surface area (Å²) in [4.78, 5) is 6.07. The van der Waals surface area contributed by atoms with Gasteiger partial charge in [0.05, 0.1) is 0 Å². The molecule has 2 atom stereocenters. The molecule has 102 valence electrons. The quantitative estimate of drug-likeness (QED) is 0.880. The molecule has 2 heteroatoms. The first-order valence-corrected chi connectivity index (χ1v) is 7.56. The molecule has 2 heterocycles. The van der Waals surface area contributed by atoms with E-state index in [9.17, 15) is 0 Å². The van der Waals surface area contributed by atoms with Crippen molar-refractivity contribution in [2.75, 3.05) is 6.54 Å². The average molecular weight is 256 g/mol. The Morgan fingerprint density at radius 1 is 1.16 bits per heavy atom. The molecule has 0 unspecified atom stereocenters. The molecule has 3 rings (SSSR count). The van der Waals surface area contributed by atoms with Crippen LogP contribution in [0.25, 0.3) is 10.9 Å². The summed E-state index contributed by atoms with van der Waals surface area (Å²) in [5.74, 6) is 0. The first-order valence-electron chi connectivity index (χ1n) is 7.56. The predicted octanol–water partition coefficient (Wildman–Crippen LogP) is 3.97. The van der Waals surface area contributed by atoms with Gasteiger partial charge in [-0.3, -0.25) is 4.90 Å². The second-order valence-corrected chi connectivity index (χ2v) is 5.98. The highest BCUT2D eigenvalue weighted by molar-refractivity contribution is 5.83. The van der Waals surface area contributed by atoms with Gasteiger partial charge in [-0.2, -0.15) is 0 Å². The highest BCUT2D eigenvalue weighted by Crippen LogP contribution is 2.24. The Balaban J connectivity index is 1.71. The number of benzene rings is 1. The fraction of sp³-hybridized carbons (Fsp3) is 0.529. The van der Waals surface area contributed by atoms with E-state index < -0.39 is 0 Å². The van der Waals surface area contributed by atoms with Gasteiger partial charge in [0.25, 0.3) is 0 Å². The third-order valence-electron chi connectivity index (χ3n) is 4.69. The molecule has 2 nitrogen and oxygen atoms in total. The molecule has 2 aromatic rings. The normalized spacial score (nSPS) is 24.9. The maximum Gasteiger partial charge on any atom is 0.0456 e. The minimum absolute atomic E-state index is 0.744. The maximum absolute atomic E-state index is 3.38. The summed E-state index contributed by atoms with van der Waals surface area (Å²) < 4.78 is 0. The van der Waals surface area contributed by atoms with Gasteiger partial charge >= 0.3 is 0 Å². The van der Waals surface area contributed by atoms with E-state index in [-0.39, 0.29) is 0 Å². The van der Waals surface area contributed by atoms with Crippen molar-refractivity contribution in [2.24, 2.45) is 0 Å². The van der Waals surface area contributed by atoms with Crippen molar-refractivity contribution < 1.29 is 0 Å². The van der Waals surface area contributed by atoms with Crippen LogP contribution in [0.5, 0.6) is 0 Å². The van der Waals surface area contributed by atoms with Crippen LogP contribution < -0.4 is 0 Å². The van der Waals surface area contributed by atoms with Crippen molar-refractivity contribution in [3.63, 3.8) is 0 Å². The Hall–Kier alpha value is -1.28. The monoisotopic (exact) mass is 256 g/mol. The topological polar surface area (TPSA) is 19.0 Å². The van der Waals surface area contributed by atoms with Crippen molar-refractivity contribution in [1.82, 2.24) is 9.88 Å². The molecular formula is C17H24N2. The third-order valence-corrected chi connectivity index (χ3v) is 4.69. The van der Waals surface area contributed by atoms with Gasteiger partial charge in [0.2, 0.25) is 0 Å². The molecule has 1 aliphatic heterocycles. The number of nitrogens with one attached hydrogen (secondary N) is 1. The largest absolute Gasteiger partial charge is 0.361 e. The van der Waals surface area contributed by atoms with Crippen LogP contribution in [-0.2, 0) is 6.42 Å². The molecule has 1 N–H and O–H groups in total. The van der Waals surface area contributed by atoms with Gasteiger partial charge in [0, 0.05) is 35.7 Å². The Kier molecular flexibility index (Phi) is 3.61. The first-order chi connectivity index (χ1) is 9.25. The maximum atomic E-state index is 3.38. The van der Waals surface area contributed by atoms with E-state index in [2.05, 4.69) is 54.2 Å². The number of likely N-dealkylation sites (tertiary alicyclic amines) is 1. The summed E-state index contributed by atoms with van der Waals surface area (Å²) in [5.41, 5.74) is 2.72. The number of H-pyrrole nitrogens is 1. The summed E-state index contributed by atoms with van der Waals surface area (Å²) in [5, 5.41) is 1.39. The number of hydrogen-bond acceptors (Lipinski definition) is 1. The number of fused-ring (bicyclic) bond motifs is 1. The van der Waals surface area contributed by atoms with Gasteiger partial charge in [-0.25, -0.2) is 0 Å². The minimum Gasteiger partial charge on any atom is -0.361 e. The smallest absolute Gasteiger partial charge is 0.0456 e. The zero-order valence-electron chi connectivity index (χ0n) is 12.0. The van der Waals surface area contributed by atoms with Crippen molar-refractivity contribution in [1.29, 1.82) is 0 Å². The molecule has 0 radical (unpaired) electrons. The van der Waals surface area contributed by atoms with Crippen LogP contribution in [0.2, 0.25) is 0 Å². The van der Waals surface area contributed by atoms with Crippen molar-refractivity contribution in [3.05, 3.63) is 36.0 Å². The highest BCUT2D eigenvalue weighted by atomic mass is 15.2. The number of rotatable bonds is 3. The van der Waals surface area contributed by atoms with Gasteiger partial charge in [-0.1, -0.05) is 24.6 Å². The molecule has 1 aromatic heterocycles. The van der Waals surface area contributed by atoms with Crippen molar-refractivity contribution in [3.8, 4) is 0 Å². The van der Waals surface area contributed by atoms with Crippen molar-refractivity contribution in [2.45, 2.75) is 51.6 Å². The standard InChI is InChI=1S/C17H24N2/c1-13-6-5-7-14(2)19(13)11-10-15-12-18-17-9-4-3-8-16(15)17/h3-4,8-9,12-14,18H,5-7,10-11H2,1-2H3/t13-,14+. The van der Waals surface area contributed by atoms with Crippen LogP contribution in [0.15, 0.2) is 30.5 Å². The SMILES string of the molecule is C[C@@H]1CCC[C@H](C)N1CCc1c[nH]c2ccccc12. The fourth-order valence-electron chi connectivity index (χ4n) is 3.50. The molecule has 1 fully saturated rings. The molecule has 1 aliphatic rings. The molecule has 1 aromatic carbocycles. The summed E-state index contributed by atoms with van der Waals surface area (Å²) in [6.07, 6.45) is 7.45. The first kappa shape index (κ1) is 12.7. The van der Waals surface area contributed by atoms with Gasteiger partial charge in [0.1, 0.15) is 0 Å². The fourth-order valence-corrected chi connectivity index (χ4v) is 3.50. The zero-order chi connectivity index (χ0) is 13.2.